The van der Waals surface area contributed by atoms with Crippen molar-refractivity contribution in [3.63, 3.8) is 0 Å². The molecule has 0 heterocycles. The summed E-state index contributed by atoms with van der Waals surface area (Å²) in [5.74, 6) is 0.835. The van der Waals surface area contributed by atoms with Crippen LogP contribution in [0.3, 0.4) is 0 Å². The van der Waals surface area contributed by atoms with Gasteiger partial charge in [-0.3, -0.25) is 4.79 Å². The molecular formula is C13H24O2. The first kappa shape index (κ1) is 14.2. The maximum Gasteiger partial charge on any atom is 0.309 e. The maximum absolute atomic E-state index is 11.6. The predicted molar refractivity (Wildman–Crippen MR) is 63.6 cm³/mol. The lowest BCUT2D eigenvalue weighted by Gasteiger charge is -2.24. The van der Waals surface area contributed by atoms with E-state index in [1.807, 2.05) is 19.1 Å². The SMILES string of the molecule is C.C/C=C/COC(=O)C1CCCC(C)C1. The molecule has 1 rings (SSSR count). The van der Waals surface area contributed by atoms with Gasteiger partial charge in [-0.25, -0.2) is 0 Å². The molecule has 2 nitrogen and oxygen atoms in total. The minimum atomic E-state index is -0.00495. The number of carbonyl (C=O) groups is 1. The highest BCUT2D eigenvalue weighted by atomic mass is 16.5. The molecule has 1 fully saturated rings. The molecule has 0 aromatic heterocycles. The third-order valence-electron chi connectivity index (χ3n) is 2.83. The second kappa shape index (κ2) is 7.49. The Morgan fingerprint density at radius 1 is 1.47 bits per heavy atom. The molecule has 0 spiro atoms. The van der Waals surface area contributed by atoms with Gasteiger partial charge in [-0.2, -0.15) is 0 Å². The van der Waals surface area contributed by atoms with E-state index in [0.717, 1.165) is 12.8 Å². The van der Waals surface area contributed by atoms with Crippen molar-refractivity contribution < 1.29 is 9.53 Å². The van der Waals surface area contributed by atoms with E-state index in [1.165, 1.54) is 12.8 Å². The minimum Gasteiger partial charge on any atom is -0.461 e. The van der Waals surface area contributed by atoms with Crippen LogP contribution in [0.15, 0.2) is 12.2 Å². The first-order valence-electron chi connectivity index (χ1n) is 5.51. The number of hydrogen-bond acceptors (Lipinski definition) is 2. The van der Waals surface area contributed by atoms with Gasteiger partial charge >= 0.3 is 5.97 Å². The number of carbonyl (C=O) groups excluding carboxylic acids is 1. The van der Waals surface area contributed by atoms with Crippen LogP contribution >= 0.6 is 0 Å². The molecule has 0 aliphatic heterocycles. The predicted octanol–water partition coefficient (Wildman–Crippen LogP) is 3.57. The van der Waals surface area contributed by atoms with Crippen molar-refractivity contribution in [2.45, 2.75) is 47.0 Å². The van der Waals surface area contributed by atoms with Crippen LogP contribution in [0, 0.1) is 11.8 Å². The van der Waals surface area contributed by atoms with Gasteiger partial charge < -0.3 is 4.74 Å². The van der Waals surface area contributed by atoms with Gasteiger partial charge in [-0.05, 0) is 25.7 Å². The molecule has 1 aliphatic carbocycles. The first-order valence-corrected chi connectivity index (χ1v) is 5.51. The third-order valence-corrected chi connectivity index (χ3v) is 2.83. The van der Waals surface area contributed by atoms with E-state index in [2.05, 4.69) is 6.92 Å². The molecule has 15 heavy (non-hydrogen) atoms. The summed E-state index contributed by atoms with van der Waals surface area (Å²) >= 11 is 0. The molecule has 2 atom stereocenters. The highest BCUT2D eigenvalue weighted by Crippen LogP contribution is 2.29. The van der Waals surface area contributed by atoms with Crippen LogP contribution in [0.25, 0.3) is 0 Å². The lowest BCUT2D eigenvalue weighted by Crippen LogP contribution is -2.23. The second-order valence-electron chi connectivity index (χ2n) is 4.17. The summed E-state index contributed by atoms with van der Waals surface area (Å²) in [5.41, 5.74) is 0. The summed E-state index contributed by atoms with van der Waals surface area (Å²) in [6, 6.07) is 0. The van der Waals surface area contributed by atoms with E-state index in [9.17, 15) is 4.79 Å². The molecule has 0 saturated heterocycles. The summed E-state index contributed by atoms with van der Waals surface area (Å²) < 4.78 is 5.14. The van der Waals surface area contributed by atoms with Crippen molar-refractivity contribution in [3.8, 4) is 0 Å². The lowest BCUT2D eigenvalue weighted by atomic mass is 9.82. The molecule has 2 unspecified atom stereocenters. The van der Waals surface area contributed by atoms with E-state index < -0.39 is 0 Å². The van der Waals surface area contributed by atoms with E-state index in [-0.39, 0.29) is 19.3 Å². The van der Waals surface area contributed by atoms with Gasteiger partial charge in [0.25, 0.3) is 0 Å². The van der Waals surface area contributed by atoms with Crippen LogP contribution in [0.4, 0.5) is 0 Å². The van der Waals surface area contributed by atoms with Crippen LogP contribution in [-0.2, 0) is 9.53 Å². The molecule has 0 aromatic rings. The van der Waals surface area contributed by atoms with Crippen molar-refractivity contribution in [1.29, 1.82) is 0 Å². The Bertz CT molecular complexity index is 209. The van der Waals surface area contributed by atoms with E-state index >= 15 is 0 Å². The van der Waals surface area contributed by atoms with Crippen LogP contribution in [0.2, 0.25) is 0 Å². The van der Waals surface area contributed by atoms with Gasteiger partial charge in [0, 0.05) is 0 Å². The van der Waals surface area contributed by atoms with Crippen molar-refractivity contribution in [3.05, 3.63) is 12.2 Å². The smallest absolute Gasteiger partial charge is 0.309 e. The third kappa shape index (κ3) is 5.01. The molecule has 0 aromatic carbocycles. The Balaban J connectivity index is 0.00000196. The summed E-state index contributed by atoms with van der Waals surface area (Å²) in [6.45, 7) is 4.57. The molecule has 88 valence electrons. The van der Waals surface area contributed by atoms with Crippen LogP contribution in [-0.4, -0.2) is 12.6 Å². The highest BCUT2D eigenvalue weighted by Gasteiger charge is 2.25. The molecule has 0 N–H and O–H groups in total. The van der Waals surface area contributed by atoms with Gasteiger partial charge in [0.05, 0.1) is 5.92 Å². The van der Waals surface area contributed by atoms with Gasteiger partial charge in [-0.15, -0.1) is 0 Å². The van der Waals surface area contributed by atoms with E-state index in [1.54, 1.807) is 0 Å². The Morgan fingerprint density at radius 2 is 2.20 bits per heavy atom. The Labute approximate surface area is 93.7 Å². The van der Waals surface area contributed by atoms with E-state index in [0.29, 0.717) is 12.5 Å². The van der Waals surface area contributed by atoms with Gasteiger partial charge in [0.15, 0.2) is 0 Å². The fraction of sp³-hybridized carbons (Fsp3) is 0.769. The van der Waals surface area contributed by atoms with Crippen molar-refractivity contribution >= 4 is 5.97 Å². The van der Waals surface area contributed by atoms with Crippen LogP contribution < -0.4 is 0 Å². The normalized spacial score (nSPS) is 26.0. The zero-order chi connectivity index (χ0) is 10.4. The van der Waals surface area contributed by atoms with Crippen LogP contribution in [0.1, 0.15) is 47.0 Å². The van der Waals surface area contributed by atoms with Crippen molar-refractivity contribution in [2.24, 2.45) is 11.8 Å². The number of esters is 1. The number of rotatable bonds is 3. The lowest BCUT2D eigenvalue weighted by molar-refractivity contribution is -0.148. The van der Waals surface area contributed by atoms with Gasteiger partial charge in [-0.1, -0.05) is 39.3 Å². The molecule has 1 aliphatic rings. The average Bonchev–Trinajstić information content (AvgIpc) is 2.18. The molecule has 0 radical (unpaired) electrons. The monoisotopic (exact) mass is 212 g/mol. The Kier molecular flexibility index (Phi) is 7.10. The standard InChI is InChI=1S/C12H20O2.CH4/c1-3-4-8-14-12(13)11-7-5-6-10(2)9-11;/h3-4,10-11H,5-9H2,1-2H3;1H4/b4-3+;. The summed E-state index contributed by atoms with van der Waals surface area (Å²) in [6.07, 6.45) is 8.22. The molecule has 0 bridgehead atoms. The zero-order valence-corrected chi connectivity index (χ0v) is 9.16. The van der Waals surface area contributed by atoms with Gasteiger partial charge in [0.2, 0.25) is 0 Å². The quantitative estimate of drug-likeness (QED) is 0.528. The molecule has 2 heteroatoms. The van der Waals surface area contributed by atoms with Crippen LogP contribution in [0.5, 0.6) is 0 Å². The molecule has 1 saturated carbocycles. The fourth-order valence-corrected chi connectivity index (χ4v) is 1.99. The largest absolute Gasteiger partial charge is 0.461 e. The number of ether oxygens (including phenoxy) is 1. The minimum absolute atomic E-state index is 0. The maximum atomic E-state index is 11.6. The zero-order valence-electron chi connectivity index (χ0n) is 9.16. The van der Waals surface area contributed by atoms with E-state index in [4.69, 9.17) is 4.74 Å². The highest BCUT2D eigenvalue weighted by molar-refractivity contribution is 5.72. The number of hydrogen-bond donors (Lipinski definition) is 0. The van der Waals surface area contributed by atoms with Gasteiger partial charge in [0.1, 0.15) is 6.61 Å². The van der Waals surface area contributed by atoms with Crippen molar-refractivity contribution in [2.75, 3.05) is 6.61 Å². The summed E-state index contributed by atoms with van der Waals surface area (Å²) in [4.78, 5) is 11.6. The topological polar surface area (TPSA) is 26.3 Å². The first-order chi connectivity index (χ1) is 6.74. The summed E-state index contributed by atoms with van der Waals surface area (Å²) in [5, 5.41) is 0. The summed E-state index contributed by atoms with van der Waals surface area (Å²) in [7, 11) is 0. The molecule has 0 amide bonds. The molecular weight excluding hydrogens is 188 g/mol. The van der Waals surface area contributed by atoms with Crippen molar-refractivity contribution in [1.82, 2.24) is 0 Å². The average molecular weight is 212 g/mol. The second-order valence-corrected chi connectivity index (χ2v) is 4.17. The Hall–Kier alpha value is -0.790. The fourth-order valence-electron chi connectivity index (χ4n) is 1.99. The number of allylic oxidation sites excluding steroid dienone is 1. The Morgan fingerprint density at radius 3 is 2.80 bits per heavy atom.